The third-order valence-corrected chi connectivity index (χ3v) is 3.83. The van der Waals surface area contributed by atoms with Gasteiger partial charge >= 0.3 is 6.18 Å². The molecule has 0 aliphatic rings. The Kier molecular flexibility index (Phi) is 8.82. The second kappa shape index (κ2) is 8.88. The smallest absolute Gasteiger partial charge is 0.166 e. The van der Waals surface area contributed by atoms with E-state index < -0.39 is 11.7 Å². The number of benzene rings is 1. The molecular weight excluding hydrogens is 275 g/mol. The highest BCUT2D eigenvalue weighted by molar-refractivity contribution is 7.36. The van der Waals surface area contributed by atoms with E-state index in [1.165, 1.54) is 18.3 Å². The lowest BCUT2D eigenvalue weighted by Gasteiger charge is -2.06. The highest BCUT2D eigenvalue weighted by Gasteiger charge is 2.29. The Morgan fingerprint density at radius 3 is 1.89 bits per heavy atom. The van der Waals surface area contributed by atoms with Crippen molar-refractivity contribution < 1.29 is 13.2 Å². The number of alkyl halides is 3. The van der Waals surface area contributed by atoms with Gasteiger partial charge in [0.25, 0.3) is 0 Å². The van der Waals surface area contributed by atoms with Crippen LogP contribution in [0.2, 0.25) is 0 Å². The molecule has 0 spiro atoms. The molecule has 18 heavy (non-hydrogen) atoms. The standard InChI is InChI=1S/C8H8F3P.C5H13P/c9-8(10,11)7-3-1-6(5-12)2-4-7;1-5(2)4-6-3/h1-4H,5,12H2;5-6H,4H2,1-3H3. The zero-order valence-electron chi connectivity index (χ0n) is 11.0. The molecule has 0 heterocycles. The molecule has 0 saturated heterocycles. The van der Waals surface area contributed by atoms with Crippen LogP contribution in [0.25, 0.3) is 0 Å². The molecule has 2 unspecified atom stereocenters. The molecule has 0 nitrogen and oxygen atoms in total. The monoisotopic (exact) mass is 296 g/mol. The van der Waals surface area contributed by atoms with E-state index in [9.17, 15) is 13.2 Å². The Labute approximate surface area is 112 Å². The molecule has 2 atom stereocenters. The van der Waals surface area contributed by atoms with E-state index >= 15 is 0 Å². The molecule has 0 fully saturated rings. The molecule has 1 aromatic rings. The summed E-state index contributed by atoms with van der Waals surface area (Å²) in [5.41, 5.74) is 0.290. The summed E-state index contributed by atoms with van der Waals surface area (Å²) in [6, 6.07) is 5.16. The molecule has 0 amide bonds. The lowest BCUT2D eigenvalue weighted by molar-refractivity contribution is -0.137. The van der Waals surface area contributed by atoms with Crippen LogP contribution in [-0.4, -0.2) is 12.8 Å². The molecule has 0 saturated carbocycles. The van der Waals surface area contributed by atoms with Crippen molar-refractivity contribution in [3.8, 4) is 0 Å². The van der Waals surface area contributed by atoms with Gasteiger partial charge in [-0.15, -0.1) is 17.8 Å². The van der Waals surface area contributed by atoms with Crippen LogP contribution in [0.3, 0.4) is 0 Å². The van der Waals surface area contributed by atoms with Crippen LogP contribution in [0, 0.1) is 5.92 Å². The largest absolute Gasteiger partial charge is 0.416 e. The predicted molar refractivity (Wildman–Crippen MR) is 78.8 cm³/mol. The van der Waals surface area contributed by atoms with Gasteiger partial charge in [-0.05, 0) is 42.6 Å². The van der Waals surface area contributed by atoms with Crippen molar-refractivity contribution in [1.82, 2.24) is 0 Å². The first-order valence-corrected chi connectivity index (χ1v) is 8.34. The summed E-state index contributed by atoms with van der Waals surface area (Å²) in [6.45, 7) is 6.77. The third kappa shape index (κ3) is 8.06. The van der Waals surface area contributed by atoms with Gasteiger partial charge in [-0.3, -0.25) is 0 Å². The van der Waals surface area contributed by atoms with Crippen molar-refractivity contribution in [2.45, 2.75) is 26.2 Å². The van der Waals surface area contributed by atoms with Gasteiger partial charge in [0, 0.05) is 0 Å². The average molecular weight is 296 g/mol. The molecule has 0 radical (unpaired) electrons. The Bertz CT molecular complexity index is 318. The quantitative estimate of drug-likeness (QED) is 0.686. The fourth-order valence-corrected chi connectivity index (χ4v) is 2.33. The maximum Gasteiger partial charge on any atom is 0.416 e. The SMILES string of the molecule is CPCC(C)C.FC(F)(F)c1ccc(CP)cc1. The minimum atomic E-state index is -4.22. The van der Waals surface area contributed by atoms with Crippen molar-refractivity contribution in [1.29, 1.82) is 0 Å². The van der Waals surface area contributed by atoms with E-state index in [1.54, 1.807) is 0 Å². The molecule has 0 bridgehead atoms. The van der Waals surface area contributed by atoms with E-state index in [1.807, 2.05) is 0 Å². The van der Waals surface area contributed by atoms with Gasteiger partial charge in [-0.2, -0.15) is 13.2 Å². The lowest BCUT2D eigenvalue weighted by atomic mass is 10.1. The molecular formula is C13H21F3P2. The first-order valence-electron chi connectivity index (χ1n) is 5.82. The van der Waals surface area contributed by atoms with Crippen LogP contribution < -0.4 is 0 Å². The second-order valence-corrected chi connectivity index (χ2v) is 5.87. The van der Waals surface area contributed by atoms with E-state index in [-0.39, 0.29) is 0 Å². The van der Waals surface area contributed by atoms with Crippen molar-refractivity contribution in [2.24, 2.45) is 5.92 Å². The molecule has 0 aliphatic carbocycles. The summed E-state index contributed by atoms with van der Waals surface area (Å²) in [5, 5.41) is 0. The van der Waals surface area contributed by atoms with Crippen molar-refractivity contribution >= 4 is 17.8 Å². The topological polar surface area (TPSA) is 0 Å². The van der Waals surface area contributed by atoms with E-state index in [2.05, 4.69) is 29.8 Å². The van der Waals surface area contributed by atoms with Crippen LogP contribution in [0.4, 0.5) is 13.2 Å². The molecule has 1 rings (SSSR count). The zero-order valence-corrected chi connectivity index (χ0v) is 13.2. The molecule has 0 N–H and O–H groups in total. The number of hydrogen-bond donors (Lipinski definition) is 0. The van der Waals surface area contributed by atoms with Crippen LogP contribution in [-0.2, 0) is 12.3 Å². The normalized spacial score (nSPS) is 11.8. The van der Waals surface area contributed by atoms with E-state index in [4.69, 9.17) is 0 Å². The second-order valence-electron chi connectivity index (χ2n) is 4.35. The van der Waals surface area contributed by atoms with Gasteiger partial charge in [0.15, 0.2) is 0 Å². The number of rotatable bonds is 3. The predicted octanol–water partition coefficient (Wildman–Crippen LogP) is 5.03. The van der Waals surface area contributed by atoms with Crippen LogP contribution in [0.15, 0.2) is 24.3 Å². The Hall–Kier alpha value is -0.130. The van der Waals surface area contributed by atoms with Crippen molar-refractivity contribution in [3.63, 3.8) is 0 Å². The fourth-order valence-electron chi connectivity index (χ4n) is 1.24. The van der Waals surface area contributed by atoms with Gasteiger partial charge in [0.05, 0.1) is 5.56 Å². The highest BCUT2D eigenvalue weighted by atomic mass is 31.1. The summed E-state index contributed by atoms with van der Waals surface area (Å²) in [6.07, 6.45) is -2.14. The zero-order chi connectivity index (χ0) is 14.2. The third-order valence-electron chi connectivity index (χ3n) is 2.13. The summed E-state index contributed by atoms with van der Waals surface area (Å²) in [5.74, 6) is 0.910. The van der Waals surface area contributed by atoms with E-state index in [0.29, 0.717) is 6.16 Å². The van der Waals surface area contributed by atoms with Gasteiger partial charge < -0.3 is 0 Å². The number of halogens is 3. The highest BCUT2D eigenvalue weighted by Crippen LogP contribution is 2.29. The minimum Gasteiger partial charge on any atom is -0.166 e. The molecule has 5 heteroatoms. The van der Waals surface area contributed by atoms with Gasteiger partial charge in [0.1, 0.15) is 0 Å². The van der Waals surface area contributed by atoms with Gasteiger partial charge in [0.2, 0.25) is 0 Å². The van der Waals surface area contributed by atoms with Gasteiger partial charge in [-0.25, -0.2) is 0 Å². The lowest BCUT2D eigenvalue weighted by Crippen LogP contribution is -2.04. The molecule has 1 aromatic carbocycles. The summed E-state index contributed by atoms with van der Waals surface area (Å²) < 4.78 is 36.1. The average Bonchev–Trinajstić information content (AvgIpc) is 2.28. The molecule has 0 aromatic heterocycles. The Morgan fingerprint density at radius 1 is 1.17 bits per heavy atom. The van der Waals surface area contributed by atoms with Crippen LogP contribution in [0.5, 0.6) is 0 Å². The first kappa shape index (κ1) is 17.9. The van der Waals surface area contributed by atoms with Crippen LogP contribution >= 0.6 is 17.8 Å². The summed E-state index contributed by atoms with van der Waals surface area (Å²) in [4.78, 5) is 0. The maximum absolute atomic E-state index is 12.0. The minimum absolute atomic E-state index is 0.593. The Morgan fingerprint density at radius 2 is 1.67 bits per heavy atom. The van der Waals surface area contributed by atoms with Gasteiger partial charge in [-0.1, -0.05) is 26.0 Å². The summed E-state index contributed by atoms with van der Waals surface area (Å²) >= 11 is 0. The van der Waals surface area contributed by atoms with Crippen LogP contribution in [0.1, 0.15) is 25.0 Å². The fraction of sp³-hybridized carbons (Fsp3) is 0.538. The molecule has 0 aliphatic heterocycles. The Balaban J connectivity index is 0.000000411. The first-order chi connectivity index (χ1) is 8.31. The summed E-state index contributed by atoms with van der Waals surface area (Å²) in [7, 11) is 3.60. The molecule has 104 valence electrons. The number of hydrogen-bond acceptors (Lipinski definition) is 0. The maximum atomic E-state index is 12.0. The van der Waals surface area contributed by atoms with Crippen molar-refractivity contribution in [2.75, 3.05) is 12.8 Å². The van der Waals surface area contributed by atoms with Crippen molar-refractivity contribution in [3.05, 3.63) is 35.4 Å². The van der Waals surface area contributed by atoms with E-state index in [0.717, 1.165) is 32.2 Å².